The molecule has 0 aliphatic carbocycles. The van der Waals surface area contributed by atoms with Gasteiger partial charge in [0.15, 0.2) is 5.41 Å². The maximum Gasteiger partial charge on any atom is 0.240 e. The van der Waals surface area contributed by atoms with Crippen LogP contribution in [0, 0.1) is 28.1 Å². The molecule has 0 unspecified atom stereocenters. The van der Waals surface area contributed by atoms with E-state index in [9.17, 15) is 15.3 Å². The fourth-order valence-corrected chi connectivity index (χ4v) is 4.10. The van der Waals surface area contributed by atoms with Gasteiger partial charge in [0, 0.05) is 6.20 Å². The highest BCUT2D eigenvalue weighted by Crippen LogP contribution is 2.59. The molecule has 4 rings (SSSR count). The molecule has 2 aliphatic heterocycles. The van der Waals surface area contributed by atoms with E-state index < -0.39 is 29.3 Å². The van der Waals surface area contributed by atoms with Crippen molar-refractivity contribution in [3.63, 3.8) is 0 Å². The highest BCUT2D eigenvalue weighted by molar-refractivity contribution is 5.83. The zero-order valence-electron chi connectivity index (χ0n) is 13.2. The Labute approximate surface area is 144 Å². The van der Waals surface area contributed by atoms with Crippen LogP contribution in [0.5, 0.6) is 0 Å². The quantitative estimate of drug-likeness (QED) is 0.909. The van der Waals surface area contributed by atoms with Crippen molar-refractivity contribution in [2.75, 3.05) is 0 Å². The van der Waals surface area contributed by atoms with E-state index in [1.54, 1.807) is 23.2 Å². The average Bonchev–Trinajstić information content (AvgIpc) is 3.25. The number of nitrogens with two attached hydrogens (primary N) is 1. The number of rotatable bonds is 2. The van der Waals surface area contributed by atoms with E-state index in [0.29, 0.717) is 5.76 Å². The summed E-state index contributed by atoms with van der Waals surface area (Å²) in [6.07, 6.45) is 5.08. The largest absolute Gasteiger partial charge is 0.469 e. The number of benzene rings is 1. The van der Waals surface area contributed by atoms with Gasteiger partial charge in [-0.05, 0) is 29.3 Å². The molecule has 122 valence electrons. The highest BCUT2D eigenvalue weighted by Gasteiger charge is 2.64. The van der Waals surface area contributed by atoms with Gasteiger partial charge in [-0.1, -0.05) is 24.3 Å². The molecule has 2 aromatic rings. The molecule has 0 saturated carbocycles. The Morgan fingerprint density at radius 1 is 1.20 bits per heavy atom. The minimum Gasteiger partial charge on any atom is -0.469 e. The lowest BCUT2D eigenvalue weighted by Gasteiger charge is -2.34. The minimum atomic E-state index is -1.50. The van der Waals surface area contributed by atoms with Crippen LogP contribution in [0.4, 0.5) is 0 Å². The van der Waals surface area contributed by atoms with Crippen LogP contribution in [0.15, 0.2) is 53.3 Å². The topological polar surface area (TPSA) is 107 Å². The van der Waals surface area contributed by atoms with Gasteiger partial charge in [0.1, 0.15) is 11.8 Å². The fourth-order valence-electron chi connectivity index (χ4n) is 4.10. The lowest BCUT2D eigenvalue weighted by atomic mass is 9.69. The summed E-state index contributed by atoms with van der Waals surface area (Å²) in [6, 6.07) is 13.8. The van der Waals surface area contributed by atoms with Crippen LogP contribution in [-0.2, 0) is 4.79 Å². The smallest absolute Gasteiger partial charge is 0.240 e. The van der Waals surface area contributed by atoms with Crippen molar-refractivity contribution in [2.45, 2.75) is 18.0 Å². The van der Waals surface area contributed by atoms with Crippen LogP contribution >= 0.6 is 0 Å². The van der Waals surface area contributed by atoms with Crippen LogP contribution < -0.4 is 5.73 Å². The van der Waals surface area contributed by atoms with E-state index in [0.717, 1.165) is 11.1 Å². The third kappa shape index (κ3) is 1.85. The first-order valence-electron chi connectivity index (χ1n) is 7.84. The minimum absolute atomic E-state index is 0.409. The highest BCUT2D eigenvalue weighted by atomic mass is 16.3. The summed E-state index contributed by atoms with van der Waals surface area (Å²) >= 11 is 0. The molecule has 2 aliphatic rings. The number of nitrogens with zero attached hydrogens (tertiary/aromatic N) is 3. The lowest BCUT2D eigenvalue weighted by Crippen LogP contribution is -2.41. The molecule has 0 spiro atoms. The molecule has 1 saturated heterocycles. The Balaban J connectivity index is 2.02. The fraction of sp³-hybridized carbons (Fsp3) is 0.211. The average molecular weight is 330 g/mol. The summed E-state index contributed by atoms with van der Waals surface area (Å²) in [7, 11) is 0. The van der Waals surface area contributed by atoms with Crippen molar-refractivity contribution in [1.82, 2.24) is 4.90 Å². The standard InChI is InChI=1S/C19H14N4O2/c20-10-19(11-21)15(14-6-3-9-25-14)16(18(22)24)23-8-7-12-4-1-2-5-13(12)17(19)23/h1-9,15-17H,(H2,22,24)/t15-,16+,17-/m1/s1. The predicted molar refractivity (Wildman–Crippen MR) is 88.1 cm³/mol. The van der Waals surface area contributed by atoms with E-state index in [4.69, 9.17) is 10.2 Å². The maximum atomic E-state index is 12.3. The predicted octanol–water partition coefficient (Wildman–Crippen LogP) is 2.29. The van der Waals surface area contributed by atoms with Gasteiger partial charge in [0.05, 0.1) is 30.4 Å². The third-order valence-corrected chi connectivity index (χ3v) is 5.08. The van der Waals surface area contributed by atoms with Gasteiger partial charge in [-0.25, -0.2) is 0 Å². The second kappa shape index (κ2) is 5.25. The molecule has 1 fully saturated rings. The normalized spacial score (nSPS) is 25.5. The molecule has 0 radical (unpaired) electrons. The zero-order chi connectivity index (χ0) is 17.6. The lowest BCUT2D eigenvalue weighted by molar-refractivity contribution is -0.122. The van der Waals surface area contributed by atoms with Gasteiger partial charge in [0.2, 0.25) is 5.91 Å². The molecule has 1 aromatic heterocycles. The number of primary amides is 1. The summed E-state index contributed by atoms with van der Waals surface area (Å²) < 4.78 is 5.49. The van der Waals surface area contributed by atoms with Crippen LogP contribution in [0.25, 0.3) is 6.08 Å². The number of carbonyl (C=O) groups is 1. The molecule has 0 bridgehead atoms. The molecule has 1 aromatic carbocycles. The molecule has 3 atom stereocenters. The number of nitriles is 2. The zero-order valence-corrected chi connectivity index (χ0v) is 13.2. The van der Waals surface area contributed by atoms with Crippen LogP contribution in [-0.4, -0.2) is 16.8 Å². The number of carbonyl (C=O) groups excluding carboxylic acids is 1. The number of fused-ring (bicyclic) bond motifs is 3. The summed E-state index contributed by atoms with van der Waals surface area (Å²) in [5.41, 5.74) is 5.92. The molecule has 2 N–H and O–H groups in total. The third-order valence-electron chi connectivity index (χ3n) is 5.08. The molecular weight excluding hydrogens is 316 g/mol. The van der Waals surface area contributed by atoms with E-state index in [1.165, 1.54) is 6.26 Å². The Kier molecular flexibility index (Phi) is 3.16. The SMILES string of the molecule is N#CC1(C#N)[C@H](c2ccco2)[C@@H](C(N)=O)N2C=Cc3ccccc3[C@@H]21. The number of hydrogen-bond acceptors (Lipinski definition) is 5. The van der Waals surface area contributed by atoms with E-state index in [1.807, 2.05) is 30.3 Å². The van der Waals surface area contributed by atoms with E-state index in [-0.39, 0.29) is 0 Å². The van der Waals surface area contributed by atoms with Gasteiger partial charge >= 0.3 is 0 Å². The van der Waals surface area contributed by atoms with Gasteiger partial charge in [-0.3, -0.25) is 4.79 Å². The van der Waals surface area contributed by atoms with Crippen LogP contribution in [0.1, 0.15) is 28.8 Å². The first-order chi connectivity index (χ1) is 12.1. The summed E-state index contributed by atoms with van der Waals surface area (Å²) in [5.74, 6) is -0.967. The molecule has 25 heavy (non-hydrogen) atoms. The van der Waals surface area contributed by atoms with Gasteiger partial charge in [0.25, 0.3) is 0 Å². The number of furan rings is 1. The van der Waals surface area contributed by atoms with Crippen molar-refractivity contribution in [3.05, 3.63) is 65.7 Å². The summed E-state index contributed by atoms with van der Waals surface area (Å²) in [6.45, 7) is 0. The Morgan fingerprint density at radius 3 is 2.60 bits per heavy atom. The van der Waals surface area contributed by atoms with Crippen LogP contribution in [0.2, 0.25) is 0 Å². The second-order valence-corrected chi connectivity index (χ2v) is 6.23. The van der Waals surface area contributed by atoms with Gasteiger partial charge < -0.3 is 15.1 Å². The molecule has 3 heterocycles. The van der Waals surface area contributed by atoms with Crippen LogP contribution in [0.3, 0.4) is 0 Å². The maximum absolute atomic E-state index is 12.3. The molecular formula is C19H14N4O2. The Morgan fingerprint density at radius 2 is 1.96 bits per heavy atom. The number of hydrogen-bond donors (Lipinski definition) is 1. The van der Waals surface area contributed by atoms with Gasteiger partial charge in [-0.15, -0.1) is 0 Å². The van der Waals surface area contributed by atoms with Crippen molar-refractivity contribution in [3.8, 4) is 12.1 Å². The Bertz CT molecular complexity index is 935. The molecule has 6 nitrogen and oxygen atoms in total. The van der Waals surface area contributed by atoms with Crippen molar-refractivity contribution >= 4 is 12.0 Å². The molecule has 1 amide bonds. The van der Waals surface area contributed by atoms with Crippen molar-refractivity contribution in [2.24, 2.45) is 11.1 Å². The Hall–Kier alpha value is -3.51. The monoisotopic (exact) mass is 330 g/mol. The van der Waals surface area contributed by atoms with E-state index in [2.05, 4.69) is 12.1 Å². The first-order valence-corrected chi connectivity index (χ1v) is 7.84. The van der Waals surface area contributed by atoms with E-state index >= 15 is 0 Å². The first kappa shape index (κ1) is 15.0. The summed E-state index contributed by atoms with van der Waals surface area (Å²) in [5, 5.41) is 20.1. The molecule has 6 heteroatoms. The second-order valence-electron chi connectivity index (χ2n) is 6.23. The van der Waals surface area contributed by atoms with Gasteiger partial charge in [-0.2, -0.15) is 10.5 Å². The van der Waals surface area contributed by atoms with Crippen molar-refractivity contribution in [1.29, 1.82) is 10.5 Å². The summed E-state index contributed by atoms with van der Waals surface area (Å²) in [4.78, 5) is 14.0. The number of amides is 1. The van der Waals surface area contributed by atoms with Crippen molar-refractivity contribution < 1.29 is 9.21 Å².